The molecule has 45 heteroatoms. The Morgan fingerprint density at radius 1 is 0.180 bits per heavy atom. The van der Waals surface area contributed by atoms with Gasteiger partial charge in [-0.25, -0.2) is 0 Å². The highest BCUT2D eigenvalue weighted by atomic mass is 16.6. The van der Waals surface area contributed by atoms with Crippen LogP contribution in [0.2, 0.25) is 0 Å². The van der Waals surface area contributed by atoms with Crippen molar-refractivity contribution in [1.29, 1.82) is 0 Å². The summed E-state index contributed by atoms with van der Waals surface area (Å²) in [5, 5.41) is 5.88. The van der Waals surface area contributed by atoms with Crippen molar-refractivity contribution in [3.8, 4) is 0 Å². The van der Waals surface area contributed by atoms with Crippen LogP contribution < -0.4 is 10.6 Å². The van der Waals surface area contributed by atoms with Crippen molar-refractivity contribution < 1.29 is 204 Å². The fourth-order valence-corrected chi connectivity index (χ4v) is 10.7. The van der Waals surface area contributed by atoms with Crippen molar-refractivity contribution in [3.63, 3.8) is 0 Å². The highest BCUT2D eigenvalue weighted by Gasteiger charge is 2.35. The van der Waals surface area contributed by atoms with Gasteiger partial charge in [0.25, 0.3) is 0 Å². The molecule has 0 fully saturated rings. The molecule has 828 valence electrons. The SMILES string of the molecule is COCCOCCOCCOCCOCCOCCOCCOCCOCCOCCOCCOCCCC(=O)CCOCC(COCCC(=O)CCCOCCOCCOCCOCCOCCOCCOCCOCCOCCOCCOCCOC)(COCCC(=O)NCCOCCOCCOCCOCCOCCOCCOCCOCCOCCOCCOCCOC)NC(=O)C(C)C. The van der Waals surface area contributed by atoms with Gasteiger partial charge in [-0.15, -0.1) is 0 Å². The number of ketones is 2. The van der Waals surface area contributed by atoms with Crippen molar-refractivity contribution in [2.24, 2.45) is 5.92 Å². The number of ether oxygens (including phenoxy) is 39. The van der Waals surface area contributed by atoms with Crippen molar-refractivity contribution in [3.05, 3.63) is 0 Å². The maximum Gasteiger partial charge on any atom is 0.223 e. The van der Waals surface area contributed by atoms with E-state index in [0.29, 0.717) is 462 Å². The molecule has 2 N–H and O–H groups in total. The van der Waals surface area contributed by atoms with E-state index in [0.717, 1.165) is 0 Å². The highest BCUT2D eigenvalue weighted by Crippen LogP contribution is 2.14. The molecule has 0 rings (SSSR count). The Morgan fingerprint density at radius 3 is 0.496 bits per heavy atom. The second-order valence-electron chi connectivity index (χ2n) is 30.2. The fourth-order valence-electron chi connectivity index (χ4n) is 10.7. The minimum atomic E-state index is -1.24. The van der Waals surface area contributed by atoms with E-state index in [1.165, 1.54) is 0 Å². The van der Waals surface area contributed by atoms with Crippen LogP contribution in [0.1, 0.15) is 58.8 Å². The van der Waals surface area contributed by atoms with Crippen LogP contribution in [0.4, 0.5) is 0 Å². The first-order valence-corrected chi connectivity index (χ1v) is 49.6. The van der Waals surface area contributed by atoms with Crippen LogP contribution in [0.15, 0.2) is 0 Å². The molecule has 0 aromatic carbocycles. The number of amides is 2. The predicted molar refractivity (Wildman–Crippen MR) is 506 cm³/mol. The van der Waals surface area contributed by atoms with E-state index in [9.17, 15) is 19.2 Å². The molecule has 0 aromatic heterocycles. The van der Waals surface area contributed by atoms with Gasteiger partial charge in [-0.2, -0.15) is 0 Å². The molecule has 0 saturated carbocycles. The van der Waals surface area contributed by atoms with Crippen LogP contribution >= 0.6 is 0 Å². The molecular weight excluding hydrogens is 1850 g/mol. The van der Waals surface area contributed by atoms with E-state index >= 15 is 0 Å². The van der Waals surface area contributed by atoms with Gasteiger partial charge in [-0.05, 0) is 12.8 Å². The summed E-state index contributed by atoms with van der Waals surface area (Å²) in [6.07, 6.45) is 1.83. The molecule has 0 radical (unpaired) electrons. The molecule has 139 heavy (non-hydrogen) atoms. The molecular formula is C94H184N2O43. The summed E-state index contributed by atoms with van der Waals surface area (Å²) in [6, 6.07) is 0. The summed E-state index contributed by atoms with van der Waals surface area (Å²) < 4.78 is 216. The number of hydrogen-bond donors (Lipinski definition) is 2. The normalized spacial score (nSPS) is 11.9. The lowest BCUT2D eigenvalue weighted by Gasteiger charge is -2.35. The predicted octanol–water partition coefficient (Wildman–Crippen LogP) is 2.02. The smallest absolute Gasteiger partial charge is 0.223 e. The summed E-state index contributed by atoms with van der Waals surface area (Å²) in [7, 11) is 4.91. The first-order valence-electron chi connectivity index (χ1n) is 49.6. The van der Waals surface area contributed by atoms with E-state index in [-0.39, 0.29) is 108 Å². The first-order chi connectivity index (χ1) is 68.7. The zero-order valence-corrected chi connectivity index (χ0v) is 85.3. The number of hydrogen-bond acceptors (Lipinski definition) is 43. The lowest BCUT2D eigenvalue weighted by atomic mass is 10.0. The molecule has 2 amide bonds. The van der Waals surface area contributed by atoms with Crippen LogP contribution in [0.5, 0.6) is 0 Å². The summed E-state index contributed by atoms with van der Waals surface area (Å²) in [4.78, 5) is 52.4. The van der Waals surface area contributed by atoms with E-state index in [2.05, 4.69) is 10.6 Å². The first kappa shape index (κ1) is 136. The molecule has 0 atom stereocenters. The van der Waals surface area contributed by atoms with Crippen molar-refractivity contribution in [2.75, 3.05) is 523 Å². The van der Waals surface area contributed by atoms with Gasteiger partial charge in [-0.3, -0.25) is 19.2 Å². The lowest BCUT2D eigenvalue weighted by molar-refractivity contribution is -0.132. The number of rotatable bonds is 127. The number of methoxy groups -OCH3 is 3. The van der Waals surface area contributed by atoms with E-state index in [1.807, 2.05) is 0 Å². The average molecular weight is 2030 g/mol. The maximum absolute atomic E-state index is 13.4. The zero-order valence-electron chi connectivity index (χ0n) is 85.3. The van der Waals surface area contributed by atoms with Gasteiger partial charge in [-0.1, -0.05) is 13.8 Å². The molecule has 0 spiro atoms. The molecule has 0 aromatic rings. The van der Waals surface area contributed by atoms with Gasteiger partial charge in [0, 0.05) is 79.1 Å². The van der Waals surface area contributed by atoms with Crippen molar-refractivity contribution in [2.45, 2.75) is 64.3 Å². The molecule has 0 unspecified atom stereocenters. The van der Waals surface area contributed by atoms with Crippen LogP contribution in [0.25, 0.3) is 0 Å². The molecule has 0 aliphatic carbocycles. The monoisotopic (exact) mass is 2030 g/mol. The standard InChI is InChI=1S/C94H184N2O43/c1-89(2)93(100)96-94(86-137-16-10-90(97)8-6-14-104-26-29-110-38-41-116-50-53-122-62-65-128-74-77-134-83-80-131-71-68-125-59-56-119-47-44-113-35-32-107-23-20-101-3,87-138-17-11-91(98)9-7-15-105-27-30-111-39-42-117-51-54-123-63-66-129-75-78-135-84-81-132-72-69-126-60-57-120-48-45-114-36-33-108-24-21-102-4)88-139-18-12-92(99)95-13-19-106-28-31-112-40-43-118-52-55-124-64-67-130-76-79-136-85-82-133-73-70-127-61-58-121-49-46-115-37-34-109-25-22-103-5/h89H,6-88H2,1-5H3,(H,95,99)(H,96,100). The maximum atomic E-state index is 13.4. The van der Waals surface area contributed by atoms with Crippen LogP contribution in [0.3, 0.4) is 0 Å². The molecule has 0 heterocycles. The molecule has 0 saturated heterocycles. The van der Waals surface area contributed by atoms with Gasteiger partial charge in [0.2, 0.25) is 11.8 Å². The van der Waals surface area contributed by atoms with Crippen LogP contribution in [0, 0.1) is 5.92 Å². The summed E-state index contributed by atoms with van der Waals surface area (Å²) in [6.45, 7) is 35.0. The number of carbonyl (C=O) groups is 4. The molecule has 0 aliphatic heterocycles. The summed E-state index contributed by atoms with van der Waals surface area (Å²) >= 11 is 0. The Balaban J connectivity index is 4.53. The van der Waals surface area contributed by atoms with Gasteiger partial charge in [0.1, 0.15) is 17.1 Å². The van der Waals surface area contributed by atoms with Gasteiger partial charge in [0.05, 0.1) is 482 Å². The number of nitrogens with one attached hydrogen (secondary N) is 2. The van der Waals surface area contributed by atoms with Crippen molar-refractivity contribution in [1.82, 2.24) is 10.6 Å². The Bertz CT molecular complexity index is 2180. The third-order valence-corrected chi connectivity index (χ3v) is 18.1. The van der Waals surface area contributed by atoms with E-state index < -0.39 is 11.5 Å². The Labute approximate surface area is 828 Å². The number of Topliss-reactive ketones (excluding diaryl/α,β-unsaturated/α-hetero) is 2. The van der Waals surface area contributed by atoms with Crippen LogP contribution in [-0.2, 0) is 204 Å². The Kier molecular flexibility index (Phi) is 117. The average Bonchev–Trinajstić information content (AvgIpc) is 0.848. The fraction of sp³-hybridized carbons (Fsp3) is 0.957. The van der Waals surface area contributed by atoms with Gasteiger partial charge >= 0.3 is 0 Å². The largest absolute Gasteiger partial charge is 0.382 e. The second kappa shape index (κ2) is 120. The van der Waals surface area contributed by atoms with Crippen LogP contribution in [-0.4, -0.2) is 552 Å². The Morgan fingerprint density at radius 2 is 0.331 bits per heavy atom. The zero-order chi connectivity index (χ0) is 100. The van der Waals surface area contributed by atoms with E-state index in [4.69, 9.17) is 185 Å². The highest BCUT2D eigenvalue weighted by molar-refractivity contribution is 5.79. The summed E-state index contributed by atoms with van der Waals surface area (Å²) in [5.41, 5.74) is -1.24. The quantitative estimate of drug-likeness (QED) is 0.0822. The third kappa shape index (κ3) is 115. The minimum Gasteiger partial charge on any atom is -0.382 e. The van der Waals surface area contributed by atoms with Gasteiger partial charge in [0.15, 0.2) is 0 Å². The molecule has 0 aliphatic rings. The van der Waals surface area contributed by atoms with E-state index in [1.54, 1.807) is 35.2 Å². The Hall–Kier alpha value is -3.28. The topological polar surface area (TPSA) is 452 Å². The molecule has 45 nitrogen and oxygen atoms in total. The second-order valence-corrected chi connectivity index (χ2v) is 30.2. The summed E-state index contributed by atoms with van der Waals surface area (Å²) in [5.74, 6) is -1.03. The van der Waals surface area contributed by atoms with Crippen molar-refractivity contribution >= 4 is 23.4 Å². The van der Waals surface area contributed by atoms with Gasteiger partial charge < -0.3 is 195 Å². The number of carbonyl (C=O) groups excluding carboxylic acids is 4. The third-order valence-electron chi connectivity index (χ3n) is 18.1. The minimum absolute atomic E-state index is 0.00613. The molecule has 0 bridgehead atoms. The lowest BCUT2D eigenvalue weighted by Crippen LogP contribution is -2.59.